The van der Waals surface area contributed by atoms with Gasteiger partial charge in [0.15, 0.2) is 0 Å². The zero-order valence-electron chi connectivity index (χ0n) is 30.7. The second-order valence-corrected chi connectivity index (χ2v) is 14.5. The van der Waals surface area contributed by atoms with E-state index in [-0.39, 0.29) is 31.7 Å². The predicted octanol–water partition coefficient (Wildman–Crippen LogP) is -1.15. The third-order valence-electron chi connectivity index (χ3n) is 9.37. The van der Waals surface area contributed by atoms with Crippen molar-refractivity contribution in [2.75, 3.05) is 13.1 Å². The quantitative estimate of drug-likeness (QED) is 0.172. The number of nitrogens with zero attached hydrogens (tertiary/aromatic N) is 1. The van der Waals surface area contributed by atoms with E-state index < -0.39 is 102 Å². The highest BCUT2D eigenvalue weighted by atomic mass is 16.2. The molecule has 0 saturated carbocycles. The van der Waals surface area contributed by atoms with Crippen molar-refractivity contribution in [2.24, 2.45) is 17.6 Å². The van der Waals surface area contributed by atoms with Gasteiger partial charge in [0.1, 0.15) is 36.3 Å². The van der Waals surface area contributed by atoms with Crippen LogP contribution in [0.4, 0.5) is 0 Å². The van der Waals surface area contributed by atoms with E-state index in [1.807, 2.05) is 38.1 Å². The number of H-pyrrole nitrogens is 1. The molecule has 9 N–H and O–H groups in total. The van der Waals surface area contributed by atoms with E-state index in [0.29, 0.717) is 12.0 Å². The number of benzene rings is 1. The summed E-state index contributed by atoms with van der Waals surface area (Å²) in [6.45, 7) is 8.23. The summed E-state index contributed by atoms with van der Waals surface area (Å²) in [4.78, 5) is 111. The molecule has 288 valence electrons. The second-order valence-electron chi connectivity index (χ2n) is 14.5. The molecule has 2 aromatic rings. The van der Waals surface area contributed by atoms with E-state index in [4.69, 9.17) is 5.73 Å². The van der Waals surface area contributed by atoms with Crippen molar-refractivity contribution in [2.45, 2.75) is 103 Å². The third kappa shape index (κ3) is 10.5. The molecule has 2 aliphatic rings. The fourth-order valence-corrected chi connectivity index (χ4v) is 6.57. The van der Waals surface area contributed by atoms with Gasteiger partial charge < -0.3 is 47.5 Å². The van der Waals surface area contributed by atoms with Gasteiger partial charge in [-0.3, -0.25) is 38.4 Å². The molecule has 17 heteroatoms. The van der Waals surface area contributed by atoms with E-state index in [9.17, 15) is 38.4 Å². The molecule has 0 unspecified atom stereocenters. The van der Waals surface area contributed by atoms with Crippen LogP contribution in [0.15, 0.2) is 30.5 Å². The normalized spacial score (nSPS) is 25.9. The number of nitrogens with two attached hydrogens (primary N) is 1. The first-order chi connectivity index (χ1) is 25.0. The van der Waals surface area contributed by atoms with E-state index in [1.54, 1.807) is 20.0 Å². The number of primary amides is 1. The maximum atomic E-state index is 13.9. The van der Waals surface area contributed by atoms with Gasteiger partial charge in [0, 0.05) is 30.1 Å². The van der Waals surface area contributed by atoms with Crippen LogP contribution >= 0.6 is 0 Å². The second kappa shape index (κ2) is 17.8. The number of amides is 8. The molecular formula is C36H51N9O8. The Hall–Kier alpha value is -5.48. The van der Waals surface area contributed by atoms with E-state index in [1.165, 1.54) is 11.8 Å². The number of nitrogens with one attached hydrogen (secondary N) is 7. The smallest absolute Gasteiger partial charge is 0.246 e. The largest absolute Gasteiger partial charge is 0.370 e. The Morgan fingerprint density at radius 3 is 2.17 bits per heavy atom. The van der Waals surface area contributed by atoms with Gasteiger partial charge in [-0.05, 0) is 49.7 Å². The van der Waals surface area contributed by atoms with Crippen molar-refractivity contribution in [1.29, 1.82) is 0 Å². The van der Waals surface area contributed by atoms with Gasteiger partial charge in [-0.1, -0.05) is 45.9 Å². The highest BCUT2D eigenvalue weighted by Crippen LogP contribution is 2.22. The molecule has 0 aliphatic carbocycles. The summed E-state index contributed by atoms with van der Waals surface area (Å²) < 4.78 is 0. The molecule has 6 atom stereocenters. The van der Waals surface area contributed by atoms with Crippen LogP contribution in [0.5, 0.6) is 0 Å². The molecule has 0 bridgehead atoms. The summed E-state index contributed by atoms with van der Waals surface area (Å²) in [6, 6.07) is 0.248. The van der Waals surface area contributed by atoms with Gasteiger partial charge in [0.2, 0.25) is 47.3 Å². The molecule has 0 spiro atoms. The SMILES string of the molecule is CC(C)C[C@@H]1NC(=O)[C@H](Cc2c[nH]c3ccccc23)NC(=O)[C@H](C)NC(=O)[C@@H](CC(N)=O)NC(=O)[C@@H]2CCCN2C(=O)[C@H](C(C)C)NC(=O)CNC1=O. The minimum absolute atomic E-state index is 0.00351. The zero-order chi connectivity index (χ0) is 39.0. The summed E-state index contributed by atoms with van der Waals surface area (Å²) >= 11 is 0. The van der Waals surface area contributed by atoms with Crippen LogP contribution in [0, 0.1) is 11.8 Å². The Morgan fingerprint density at radius 2 is 1.49 bits per heavy atom. The van der Waals surface area contributed by atoms with Crippen LogP contribution in [-0.4, -0.2) is 106 Å². The van der Waals surface area contributed by atoms with Crippen molar-refractivity contribution < 1.29 is 38.4 Å². The van der Waals surface area contributed by atoms with E-state index in [0.717, 1.165) is 10.9 Å². The number of fused-ring (bicyclic) bond motifs is 2. The van der Waals surface area contributed by atoms with Gasteiger partial charge in [-0.15, -0.1) is 0 Å². The Kier molecular flexibility index (Phi) is 13.6. The van der Waals surface area contributed by atoms with Gasteiger partial charge in [0.05, 0.1) is 13.0 Å². The van der Waals surface area contributed by atoms with Crippen LogP contribution < -0.4 is 37.6 Å². The highest BCUT2D eigenvalue weighted by Gasteiger charge is 2.40. The first-order valence-corrected chi connectivity index (χ1v) is 18.0. The zero-order valence-corrected chi connectivity index (χ0v) is 30.7. The summed E-state index contributed by atoms with van der Waals surface area (Å²) in [5.41, 5.74) is 6.92. The average Bonchev–Trinajstić information content (AvgIpc) is 3.75. The van der Waals surface area contributed by atoms with E-state index >= 15 is 0 Å². The lowest BCUT2D eigenvalue weighted by Crippen LogP contribution is -2.59. The molecule has 8 amide bonds. The monoisotopic (exact) mass is 737 g/mol. The van der Waals surface area contributed by atoms with Crippen LogP contribution in [0.25, 0.3) is 10.9 Å². The number of hydrogen-bond donors (Lipinski definition) is 8. The lowest BCUT2D eigenvalue weighted by Gasteiger charge is -2.31. The fourth-order valence-electron chi connectivity index (χ4n) is 6.57. The van der Waals surface area contributed by atoms with Gasteiger partial charge in [0.25, 0.3) is 0 Å². The number of hydrogen-bond acceptors (Lipinski definition) is 8. The lowest BCUT2D eigenvalue weighted by atomic mass is 10.0. The molecule has 2 saturated heterocycles. The number of carbonyl (C=O) groups is 8. The Labute approximate surface area is 307 Å². The minimum atomic E-state index is -1.48. The number of rotatable bonds is 7. The number of aromatic nitrogens is 1. The molecule has 17 nitrogen and oxygen atoms in total. The molecule has 1 aromatic carbocycles. The third-order valence-corrected chi connectivity index (χ3v) is 9.37. The molecular weight excluding hydrogens is 686 g/mol. The topological polar surface area (TPSA) is 254 Å². The molecule has 3 heterocycles. The highest BCUT2D eigenvalue weighted by molar-refractivity contribution is 5.99. The summed E-state index contributed by atoms with van der Waals surface area (Å²) in [5, 5.41) is 16.5. The number of para-hydroxylation sites is 1. The fraction of sp³-hybridized carbons (Fsp3) is 0.556. The maximum absolute atomic E-state index is 13.9. The van der Waals surface area contributed by atoms with Crippen LogP contribution in [-0.2, 0) is 44.8 Å². The van der Waals surface area contributed by atoms with Gasteiger partial charge in [-0.25, -0.2) is 0 Å². The van der Waals surface area contributed by atoms with Crippen LogP contribution in [0.1, 0.15) is 65.9 Å². The van der Waals surface area contributed by atoms with Crippen LogP contribution in [0.3, 0.4) is 0 Å². The van der Waals surface area contributed by atoms with Crippen molar-refractivity contribution in [3.05, 3.63) is 36.0 Å². The number of carbonyl (C=O) groups excluding carboxylic acids is 8. The van der Waals surface area contributed by atoms with Gasteiger partial charge in [-0.2, -0.15) is 0 Å². The first kappa shape index (κ1) is 40.3. The Morgan fingerprint density at radius 1 is 0.830 bits per heavy atom. The van der Waals surface area contributed by atoms with Crippen molar-refractivity contribution >= 4 is 58.2 Å². The van der Waals surface area contributed by atoms with Crippen LogP contribution in [0.2, 0.25) is 0 Å². The minimum Gasteiger partial charge on any atom is -0.370 e. The predicted molar refractivity (Wildman–Crippen MR) is 193 cm³/mol. The maximum Gasteiger partial charge on any atom is 0.246 e. The summed E-state index contributed by atoms with van der Waals surface area (Å²) in [5.74, 6) is -6.26. The number of aromatic amines is 1. The first-order valence-electron chi connectivity index (χ1n) is 18.0. The Balaban J connectivity index is 1.69. The molecule has 2 aliphatic heterocycles. The molecule has 4 rings (SSSR count). The lowest BCUT2D eigenvalue weighted by molar-refractivity contribution is -0.143. The molecule has 1 aromatic heterocycles. The molecule has 2 fully saturated rings. The average molecular weight is 738 g/mol. The van der Waals surface area contributed by atoms with Crippen molar-refractivity contribution in [3.8, 4) is 0 Å². The van der Waals surface area contributed by atoms with Crippen molar-refractivity contribution in [1.82, 2.24) is 41.8 Å². The van der Waals surface area contributed by atoms with E-state index in [2.05, 4.69) is 36.9 Å². The standard InChI is InChI=1S/C36H51N9O8/c1-18(2)13-24-32(49)39-17-29(47)44-30(19(3)4)36(53)45-12-8-11-27(45)35(52)43-26(15-28(37)46)33(50)40-20(5)31(48)41-25(34(51)42-24)14-21-16-38-23-10-7-6-9-22(21)23/h6-7,9-10,16,18-20,24-27,30,38H,8,11-15,17H2,1-5H3,(H2,37,46)(H,39,49)(H,40,50)(H,41,48)(H,42,51)(H,43,52)(H,44,47)/t20-,24-,25-,26+,27-,30-/m0/s1. The van der Waals surface area contributed by atoms with Gasteiger partial charge >= 0.3 is 0 Å². The molecule has 0 radical (unpaired) electrons. The summed E-state index contributed by atoms with van der Waals surface area (Å²) in [7, 11) is 0. The summed E-state index contributed by atoms with van der Waals surface area (Å²) in [6.07, 6.45) is 2.04. The Bertz CT molecular complexity index is 1720. The molecule has 53 heavy (non-hydrogen) atoms. The van der Waals surface area contributed by atoms with Crippen molar-refractivity contribution in [3.63, 3.8) is 0 Å².